The Balaban J connectivity index is 1.24. The first kappa shape index (κ1) is 23.0. The molecule has 2 aromatic carbocycles. The number of nitrogens with zero attached hydrogens (tertiary/aromatic N) is 4. The summed E-state index contributed by atoms with van der Waals surface area (Å²) in [5, 5.41) is 7.53. The average molecular weight is 474 g/mol. The predicted octanol–water partition coefficient (Wildman–Crippen LogP) is 4.20. The van der Waals surface area contributed by atoms with Gasteiger partial charge >= 0.3 is 0 Å². The summed E-state index contributed by atoms with van der Waals surface area (Å²) in [5.41, 5.74) is 4.35. The molecule has 1 aliphatic rings. The number of carbonyl (C=O) groups excluding carboxylic acids is 1. The van der Waals surface area contributed by atoms with E-state index in [4.69, 9.17) is 4.52 Å². The first-order chi connectivity index (χ1) is 17.0. The van der Waals surface area contributed by atoms with Crippen LogP contribution in [-0.2, 0) is 0 Å². The highest BCUT2D eigenvalue weighted by atomic mass is 19.1. The molecule has 5 rings (SSSR count). The topological polar surface area (TPSA) is 74.5 Å². The fourth-order valence-electron chi connectivity index (χ4n) is 4.56. The van der Waals surface area contributed by atoms with Gasteiger partial charge in [0.05, 0.1) is 22.3 Å². The average Bonchev–Trinajstić information content (AvgIpc) is 3.24. The van der Waals surface area contributed by atoms with Crippen molar-refractivity contribution in [2.45, 2.75) is 13.8 Å². The minimum Gasteiger partial charge on any atom is -0.369 e. The van der Waals surface area contributed by atoms with Crippen molar-refractivity contribution >= 4 is 22.7 Å². The number of carbonyl (C=O) groups is 1. The number of fused-ring (bicyclic) bond motifs is 1. The first-order valence-corrected chi connectivity index (χ1v) is 11.8. The minimum atomic E-state index is -0.410. The maximum Gasteiger partial charge on any atom is 0.259 e. The van der Waals surface area contributed by atoms with Gasteiger partial charge < -0.3 is 14.7 Å². The van der Waals surface area contributed by atoms with Crippen molar-refractivity contribution in [2.24, 2.45) is 0 Å². The molecular formula is C27H28FN5O2. The zero-order valence-corrected chi connectivity index (χ0v) is 19.9. The molecule has 1 aliphatic heterocycles. The number of amides is 1. The third kappa shape index (κ3) is 4.88. The molecule has 1 N–H and O–H groups in total. The number of pyridine rings is 1. The summed E-state index contributed by atoms with van der Waals surface area (Å²) in [7, 11) is 0. The second kappa shape index (κ2) is 9.84. The van der Waals surface area contributed by atoms with E-state index in [-0.39, 0.29) is 11.6 Å². The number of aromatic nitrogens is 2. The SMILES string of the molecule is Cc1cccc(N2CCN(CCNC(=O)c3cc(-c4ccccc4F)nc4onc(C)c34)CC2)c1. The number of nitrogens with one attached hydrogen (secondary N) is 1. The Morgan fingerprint density at radius 3 is 2.63 bits per heavy atom. The van der Waals surface area contributed by atoms with E-state index in [2.05, 4.69) is 56.4 Å². The Bertz CT molecular complexity index is 1360. The van der Waals surface area contributed by atoms with E-state index in [1.165, 1.54) is 17.3 Å². The number of piperazine rings is 1. The van der Waals surface area contributed by atoms with Crippen LogP contribution < -0.4 is 10.2 Å². The molecule has 0 aliphatic carbocycles. The highest BCUT2D eigenvalue weighted by Gasteiger charge is 2.21. The number of aryl methyl sites for hydroxylation is 2. The summed E-state index contributed by atoms with van der Waals surface area (Å²) in [6, 6.07) is 16.5. The zero-order chi connectivity index (χ0) is 24.4. The smallest absolute Gasteiger partial charge is 0.259 e. The summed E-state index contributed by atoms with van der Waals surface area (Å²) in [5.74, 6) is -0.661. The Morgan fingerprint density at radius 1 is 1.06 bits per heavy atom. The lowest BCUT2D eigenvalue weighted by Gasteiger charge is -2.36. The van der Waals surface area contributed by atoms with Gasteiger partial charge in [0.15, 0.2) is 0 Å². The molecule has 8 heteroatoms. The van der Waals surface area contributed by atoms with Gasteiger partial charge in [0, 0.05) is 50.5 Å². The summed E-state index contributed by atoms with van der Waals surface area (Å²) in [6.45, 7) is 8.91. The van der Waals surface area contributed by atoms with E-state index in [1.807, 2.05) is 0 Å². The summed E-state index contributed by atoms with van der Waals surface area (Å²) < 4.78 is 19.7. The van der Waals surface area contributed by atoms with E-state index in [0.717, 1.165) is 32.7 Å². The van der Waals surface area contributed by atoms with Gasteiger partial charge in [0.25, 0.3) is 11.6 Å². The van der Waals surface area contributed by atoms with Crippen LogP contribution in [0.3, 0.4) is 0 Å². The molecule has 0 saturated carbocycles. The van der Waals surface area contributed by atoms with Crippen molar-refractivity contribution in [3.05, 3.63) is 77.2 Å². The molecular weight excluding hydrogens is 445 g/mol. The number of halogens is 1. The molecule has 0 radical (unpaired) electrons. The molecule has 1 fully saturated rings. The van der Waals surface area contributed by atoms with Crippen molar-refractivity contribution in [2.75, 3.05) is 44.2 Å². The van der Waals surface area contributed by atoms with Crippen LogP contribution in [0.15, 0.2) is 59.1 Å². The molecule has 0 unspecified atom stereocenters. The Labute approximate surface area is 203 Å². The monoisotopic (exact) mass is 473 g/mol. The quantitative estimate of drug-likeness (QED) is 0.453. The maximum atomic E-state index is 14.4. The molecule has 7 nitrogen and oxygen atoms in total. The van der Waals surface area contributed by atoms with Crippen LogP contribution in [0, 0.1) is 19.7 Å². The van der Waals surface area contributed by atoms with E-state index < -0.39 is 5.82 Å². The number of benzene rings is 2. The lowest BCUT2D eigenvalue weighted by atomic mass is 10.0. The van der Waals surface area contributed by atoms with Gasteiger partial charge in [-0.15, -0.1) is 0 Å². The molecule has 0 bridgehead atoms. The van der Waals surface area contributed by atoms with Gasteiger partial charge in [-0.25, -0.2) is 9.37 Å². The van der Waals surface area contributed by atoms with Crippen LogP contribution in [0.5, 0.6) is 0 Å². The van der Waals surface area contributed by atoms with Crippen molar-refractivity contribution in [1.82, 2.24) is 20.4 Å². The number of hydrogen-bond donors (Lipinski definition) is 1. The molecule has 1 amide bonds. The number of rotatable bonds is 6. The highest BCUT2D eigenvalue weighted by Crippen LogP contribution is 2.28. The van der Waals surface area contributed by atoms with E-state index in [1.54, 1.807) is 31.2 Å². The van der Waals surface area contributed by atoms with Crippen LogP contribution >= 0.6 is 0 Å². The standard InChI is InChI=1S/C27H28FN5O2/c1-18-6-5-7-20(16-18)33-14-12-32(13-15-33)11-10-29-26(34)22-17-24(21-8-3-4-9-23(21)28)30-27-25(22)19(2)31-35-27/h3-9,16-17H,10-15H2,1-2H3,(H,29,34). The minimum absolute atomic E-state index is 0.223. The van der Waals surface area contributed by atoms with Crippen LogP contribution in [0.25, 0.3) is 22.4 Å². The number of anilines is 1. The second-order valence-electron chi connectivity index (χ2n) is 8.91. The van der Waals surface area contributed by atoms with Crippen LogP contribution in [0.1, 0.15) is 21.6 Å². The van der Waals surface area contributed by atoms with E-state index >= 15 is 0 Å². The lowest BCUT2D eigenvalue weighted by molar-refractivity contribution is 0.0949. The van der Waals surface area contributed by atoms with Gasteiger partial charge in [-0.3, -0.25) is 9.69 Å². The van der Waals surface area contributed by atoms with Gasteiger partial charge in [-0.1, -0.05) is 29.4 Å². The molecule has 1 saturated heterocycles. The maximum absolute atomic E-state index is 14.4. The fourth-order valence-corrected chi connectivity index (χ4v) is 4.56. The van der Waals surface area contributed by atoms with Crippen molar-refractivity contribution in [1.29, 1.82) is 0 Å². The lowest BCUT2D eigenvalue weighted by Crippen LogP contribution is -2.48. The van der Waals surface area contributed by atoms with Crippen molar-refractivity contribution < 1.29 is 13.7 Å². The van der Waals surface area contributed by atoms with Gasteiger partial charge in [0.2, 0.25) is 0 Å². The molecule has 3 heterocycles. The summed E-state index contributed by atoms with van der Waals surface area (Å²) >= 11 is 0. The third-order valence-electron chi connectivity index (χ3n) is 6.46. The van der Waals surface area contributed by atoms with E-state index in [0.29, 0.717) is 34.4 Å². The van der Waals surface area contributed by atoms with Crippen molar-refractivity contribution in [3.8, 4) is 11.3 Å². The molecule has 0 spiro atoms. The van der Waals surface area contributed by atoms with Crippen LogP contribution in [0.2, 0.25) is 0 Å². The zero-order valence-electron chi connectivity index (χ0n) is 19.9. The number of hydrogen-bond acceptors (Lipinski definition) is 6. The van der Waals surface area contributed by atoms with E-state index in [9.17, 15) is 9.18 Å². The fraction of sp³-hybridized carbons (Fsp3) is 0.296. The largest absolute Gasteiger partial charge is 0.369 e. The normalized spacial score (nSPS) is 14.4. The summed E-state index contributed by atoms with van der Waals surface area (Å²) in [4.78, 5) is 22.3. The van der Waals surface area contributed by atoms with Gasteiger partial charge in [-0.05, 0) is 49.7 Å². The van der Waals surface area contributed by atoms with Crippen LogP contribution in [-0.4, -0.2) is 60.2 Å². The Kier molecular flexibility index (Phi) is 6.46. The Morgan fingerprint density at radius 2 is 1.86 bits per heavy atom. The van der Waals surface area contributed by atoms with Gasteiger partial charge in [0.1, 0.15) is 5.82 Å². The molecule has 0 atom stereocenters. The summed E-state index contributed by atoms with van der Waals surface area (Å²) in [6.07, 6.45) is 0. The Hall–Kier alpha value is -3.78. The molecule has 4 aromatic rings. The van der Waals surface area contributed by atoms with Crippen molar-refractivity contribution in [3.63, 3.8) is 0 Å². The molecule has 35 heavy (non-hydrogen) atoms. The third-order valence-corrected chi connectivity index (χ3v) is 6.46. The second-order valence-corrected chi connectivity index (χ2v) is 8.91. The van der Waals surface area contributed by atoms with Gasteiger partial charge in [-0.2, -0.15) is 0 Å². The predicted molar refractivity (Wildman–Crippen MR) is 134 cm³/mol. The highest BCUT2D eigenvalue weighted by molar-refractivity contribution is 6.07. The molecule has 2 aromatic heterocycles. The van der Waals surface area contributed by atoms with Crippen LogP contribution in [0.4, 0.5) is 10.1 Å². The first-order valence-electron chi connectivity index (χ1n) is 11.8. The molecule has 180 valence electrons.